The van der Waals surface area contributed by atoms with Gasteiger partial charge in [-0.15, -0.1) is 11.8 Å². The fourth-order valence-corrected chi connectivity index (χ4v) is 3.32. The lowest BCUT2D eigenvalue weighted by atomic mass is 10.1. The van der Waals surface area contributed by atoms with Gasteiger partial charge in [0.25, 0.3) is 0 Å². The number of hydrogen-bond donors (Lipinski definition) is 3. The maximum absolute atomic E-state index is 9.95. The molecule has 21 heavy (non-hydrogen) atoms. The number of rotatable bonds is 3. The molecular formula is C15H16O5S. The van der Waals surface area contributed by atoms with Crippen LogP contribution in [0.5, 0.6) is 5.75 Å². The van der Waals surface area contributed by atoms with Gasteiger partial charge in [-0.1, -0.05) is 12.1 Å². The van der Waals surface area contributed by atoms with Gasteiger partial charge in [0.15, 0.2) is 5.44 Å². The van der Waals surface area contributed by atoms with Crippen molar-refractivity contribution in [3.8, 4) is 16.9 Å². The number of thioether (sulfide) groups is 1. The molecule has 112 valence electrons. The number of ether oxygens (including phenoxy) is 1. The van der Waals surface area contributed by atoms with Crippen LogP contribution in [0.4, 0.5) is 0 Å². The van der Waals surface area contributed by atoms with Gasteiger partial charge in [0.2, 0.25) is 0 Å². The minimum absolute atomic E-state index is 0.324. The Bertz CT molecular complexity index is 586. The van der Waals surface area contributed by atoms with Crippen LogP contribution in [0.1, 0.15) is 0 Å². The fraction of sp³-hybridized carbons (Fsp3) is 0.333. The molecule has 3 N–H and O–H groups in total. The molecule has 4 atom stereocenters. The molecule has 1 fully saturated rings. The highest BCUT2D eigenvalue weighted by Crippen LogP contribution is 2.31. The summed E-state index contributed by atoms with van der Waals surface area (Å²) >= 11 is 1.28. The van der Waals surface area contributed by atoms with E-state index in [1.807, 2.05) is 24.3 Å². The zero-order chi connectivity index (χ0) is 14.8. The first-order valence-electron chi connectivity index (χ1n) is 6.60. The summed E-state index contributed by atoms with van der Waals surface area (Å²) in [5, 5.41) is 29.1. The van der Waals surface area contributed by atoms with Crippen LogP contribution in [0.25, 0.3) is 11.1 Å². The monoisotopic (exact) mass is 308 g/mol. The minimum atomic E-state index is -1.19. The van der Waals surface area contributed by atoms with Crippen molar-refractivity contribution in [1.82, 2.24) is 0 Å². The standard InChI is InChI=1S/C15H16O5S/c16-12-8-21-15(14(18)13(12)17)20-11-3-1-2-9(6-11)10-4-5-19-7-10/h1-7,12-18H,8H2/t12-,13+,14-,15-/m1/s1. The van der Waals surface area contributed by atoms with Crippen LogP contribution in [0, 0.1) is 0 Å². The van der Waals surface area contributed by atoms with E-state index in [4.69, 9.17) is 9.15 Å². The van der Waals surface area contributed by atoms with Crippen LogP contribution in [0.3, 0.4) is 0 Å². The second-order valence-corrected chi connectivity index (χ2v) is 6.04. The van der Waals surface area contributed by atoms with Gasteiger partial charge in [-0.25, -0.2) is 0 Å². The van der Waals surface area contributed by atoms with Gasteiger partial charge in [-0.2, -0.15) is 0 Å². The van der Waals surface area contributed by atoms with Crippen molar-refractivity contribution < 1.29 is 24.5 Å². The molecule has 3 rings (SSSR count). The molecule has 5 nitrogen and oxygen atoms in total. The van der Waals surface area contributed by atoms with Crippen molar-refractivity contribution in [2.75, 3.05) is 5.75 Å². The minimum Gasteiger partial charge on any atom is -0.477 e. The molecule has 0 saturated carbocycles. The normalized spacial score (nSPS) is 29.3. The smallest absolute Gasteiger partial charge is 0.173 e. The highest BCUT2D eigenvalue weighted by Gasteiger charge is 2.38. The van der Waals surface area contributed by atoms with E-state index in [1.54, 1.807) is 18.6 Å². The molecule has 2 heterocycles. The maximum atomic E-state index is 9.95. The Morgan fingerprint density at radius 3 is 2.71 bits per heavy atom. The molecule has 2 aromatic rings. The van der Waals surface area contributed by atoms with Gasteiger partial charge in [-0.05, 0) is 23.8 Å². The van der Waals surface area contributed by atoms with Gasteiger partial charge in [0, 0.05) is 11.3 Å². The first kappa shape index (κ1) is 14.5. The summed E-state index contributed by atoms with van der Waals surface area (Å²) in [6.45, 7) is 0. The first-order chi connectivity index (χ1) is 10.1. The molecule has 1 aliphatic rings. The molecule has 0 radical (unpaired) electrons. The molecule has 0 amide bonds. The van der Waals surface area contributed by atoms with Crippen molar-refractivity contribution in [1.29, 1.82) is 0 Å². The Kier molecular flexibility index (Phi) is 4.21. The predicted molar refractivity (Wildman–Crippen MR) is 79.0 cm³/mol. The summed E-state index contributed by atoms with van der Waals surface area (Å²) in [5.41, 5.74) is 1.27. The number of benzene rings is 1. The van der Waals surface area contributed by atoms with E-state index in [2.05, 4.69) is 0 Å². The summed E-state index contributed by atoms with van der Waals surface area (Å²) in [4.78, 5) is 0. The Labute approximate surface area is 126 Å². The lowest BCUT2D eigenvalue weighted by molar-refractivity contribution is -0.0786. The van der Waals surface area contributed by atoms with Crippen molar-refractivity contribution in [2.45, 2.75) is 23.7 Å². The Morgan fingerprint density at radius 1 is 1.10 bits per heavy atom. The van der Waals surface area contributed by atoms with Crippen LogP contribution in [0.15, 0.2) is 47.3 Å². The average Bonchev–Trinajstić information content (AvgIpc) is 3.03. The fourth-order valence-electron chi connectivity index (χ4n) is 2.19. The second-order valence-electron chi connectivity index (χ2n) is 4.91. The maximum Gasteiger partial charge on any atom is 0.173 e. The van der Waals surface area contributed by atoms with Gasteiger partial charge < -0.3 is 24.5 Å². The van der Waals surface area contributed by atoms with Crippen LogP contribution >= 0.6 is 11.8 Å². The number of aliphatic hydroxyl groups excluding tert-OH is 3. The van der Waals surface area contributed by atoms with E-state index in [0.29, 0.717) is 11.5 Å². The van der Waals surface area contributed by atoms with Crippen LogP contribution in [-0.4, -0.2) is 44.8 Å². The zero-order valence-electron chi connectivity index (χ0n) is 11.1. The lowest BCUT2D eigenvalue weighted by Crippen LogP contribution is -2.50. The summed E-state index contributed by atoms with van der Waals surface area (Å²) in [6.07, 6.45) is -0.00289. The summed E-state index contributed by atoms with van der Waals surface area (Å²) in [5.74, 6) is 0.915. The summed E-state index contributed by atoms with van der Waals surface area (Å²) in [7, 11) is 0. The SMILES string of the molecule is O[C@@H]1[C@@H](O)[C@H](Oc2cccc(-c3ccoc3)c2)SC[C@H]1O. The molecule has 1 aromatic carbocycles. The van der Waals surface area contributed by atoms with Crippen LogP contribution in [-0.2, 0) is 0 Å². The van der Waals surface area contributed by atoms with E-state index < -0.39 is 23.7 Å². The van der Waals surface area contributed by atoms with Crippen molar-refractivity contribution in [2.24, 2.45) is 0 Å². The second kappa shape index (κ2) is 6.11. The molecule has 0 spiro atoms. The van der Waals surface area contributed by atoms with E-state index in [0.717, 1.165) is 11.1 Å². The molecule has 1 aromatic heterocycles. The number of aliphatic hydroxyl groups is 3. The van der Waals surface area contributed by atoms with Crippen molar-refractivity contribution >= 4 is 11.8 Å². The number of furan rings is 1. The third kappa shape index (κ3) is 3.08. The third-order valence-corrected chi connectivity index (χ3v) is 4.63. The van der Waals surface area contributed by atoms with Gasteiger partial charge in [0.05, 0.1) is 18.6 Å². The summed E-state index contributed by atoms with van der Waals surface area (Å²) in [6, 6.07) is 9.26. The van der Waals surface area contributed by atoms with Crippen LogP contribution in [0.2, 0.25) is 0 Å². The topological polar surface area (TPSA) is 83.1 Å². The lowest BCUT2D eigenvalue weighted by Gasteiger charge is -2.34. The van der Waals surface area contributed by atoms with E-state index in [-0.39, 0.29) is 0 Å². The molecular weight excluding hydrogens is 292 g/mol. The highest BCUT2D eigenvalue weighted by atomic mass is 32.2. The molecule has 6 heteroatoms. The molecule has 1 saturated heterocycles. The van der Waals surface area contributed by atoms with Gasteiger partial charge in [-0.3, -0.25) is 0 Å². The number of hydrogen-bond acceptors (Lipinski definition) is 6. The van der Waals surface area contributed by atoms with Crippen LogP contribution < -0.4 is 4.74 Å². The Hall–Kier alpha value is -1.47. The third-order valence-electron chi connectivity index (χ3n) is 3.40. The van der Waals surface area contributed by atoms with E-state index >= 15 is 0 Å². The zero-order valence-corrected chi connectivity index (χ0v) is 11.9. The Balaban J connectivity index is 1.75. The predicted octanol–water partition coefficient (Wildman–Crippen LogP) is 1.48. The van der Waals surface area contributed by atoms with Crippen molar-refractivity contribution in [3.05, 3.63) is 42.9 Å². The Morgan fingerprint density at radius 2 is 1.95 bits per heavy atom. The van der Waals surface area contributed by atoms with E-state index in [1.165, 1.54) is 11.8 Å². The highest BCUT2D eigenvalue weighted by molar-refractivity contribution is 7.99. The quantitative estimate of drug-likeness (QED) is 0.797. The average molecular weight is 308 g/mol. The molecule has 0 bridgehead atoms. The largest absolute Gasteiger partial charge is 0.477 e. The molecule has 1 aliphatic heterocycles. The van der Waals surface area contributed by atoms with E-state index in [9.17, 15) is 15.3 Å². The van der Waals surface area contributed by atoms with Crippen molar-refractivity contribution in [3.63, 3.8) is 0 Å². The first-order valence-corrected chi connectivity index (χ1v) is 7.65. The molecule has 0 aliphatic carbocycles. The summed E-state index contributed by atoms with van der Waals surface area (Å²) < 4.78 is 10.8. The van der Waals surface area contributed by atoms with Gasteiger partial charge in [0.1, 0.15) is 18.0 Å². The van der Waals surface area contributed by atoms with Gasteiger partial charge >= 0.3 is 0 Å². The molecule has 0 unspecified atom stereocenters.